The van der Waals surface area contributed by atoms with Crippen LogP contribution in [0.3, 0.4) is 0 Å². The minimum Gasteiger partial charge on any atom is -0.491 e. The Morgan fingerprint density at radius 2 is 1.83 bits per heavy atom. The predicted octanol–water partition coefficient (Wildman–Crippen LogP) is 3.79. The average Bonchev–Trinajstić information content (AvgIpc) is 3.13. The quantitative estimate of drug-likeness (QED) is 0.489. The van der Waals surface area contributed by atoms with Crippen molar-refractivity contribution in [3.8, 4) is 5.75 Å². The number of carbonyl (C=O) groups excluding carboxylic acids is 1. The highest BCUT2D eigenvalue weighted by Gasteiger charge is 2.12. The largest absolute Gasteiger partial charge is 0.491 e. The van der Waals surface area contributed by atoms with E-state index in [4.69, 9.17) is 9.72 Å². The Bertz CT molecular complexity index is 1140. The highest BCUT2D eigenvalue weighted by atomic mass is 16.5. The molecule has 30 heavy (non-hydrogen) atoms. The Morgan fingerprint density at radius 3 is 2.67 bits per heavy atom. The van der Waals surface area contributed by atoms with Crippen molar-refractivity contribution < 1.29 is 9.53 Å². The van der Waals surface area contributed by atoms with E-state index in [1.165, 1.54) is 0 Å². The molecule has 0 radical (unpaired) electrons. The number of amides is 1. The van der Waals surface area contributed by atoms with Crippen molar-refractivity contribution in [1.82, 2.24) is 19.9 Å². The number of aromatic nitrogens is 3. The Morgan fingerprint density at radius 1 is 1.03 bits per heavy atom. The Hall–Kier alpha value is -3.67. The zero-order valence-electron chi connectivity index (χ0n) is 16.9. The lowest BCUT2D eigenvalue weighted by atomic mass is 10.2. The van der Waals surface area contributed by atoms with Crippen molar-refractivity contribution in [3.63, 3.8) is 0 Å². The second-order valence-electron chi connectivity index (χ2n) is 7.00. The number of fused-ring (bicyclic) bond motifs is 1. The number of hydrogen-bond acceptors (Lipinski definition) is 4. The molecule has 0 fully saturated rings. The number of aryl methyl sites for hydroxylation is 1. The van der Waals surface area contributed by atoms with Crippen molar-refractivity contribution in [1.29, 1.82) is 0 Å². The highest BCUT2D eigenvalue weighted by Crippen LogP contribution is 2.19. The first kappa shape index (κ1) is 19.6. The van der Waals surface area contributed by atoms with E-state index < -0.39 is 0 Å². The molecule has 2 aromatic heterocycles. The normalized spacial score (nSPS) is 10.8. The van der Waals surface area contributed by atoms with Crippen LogP contribution in [0.2, 0.25) is 0 Å². The average molecular weight is 400 g/mol. The zero-order valence-corrected chi connectivity index (χ0v) is 16.9. The number of hydrogen-bond donors (Lipinski definition) is 1. The number of carbonyl (C=O) groups is 1. The molecule has 0 aliphatic heterocycles. The maximum Gasteiger partial charge on any atom is 0.269 e. The van der Waals surface area contributed by atoms with E-state index in [9.17, 15) is 4.79 Å². The molecule has 0 bridgehead atoms. The molecule has 1 N–H and O–H groups in total. The maximum absolute atomic E-state index is 12.2. The number of nitrogens with zero attached hydrogens (tertiary/aromatic N) is 3. The van der Waals surface area contributed by atoms with Gasteiger partial charge in [-0.3, -0.25) is 9.78 Å². The molecule has 6 heteroatoms. The molecular formula is C24H24N4O2. The Balaban J connectivity index is 1.43. The molecule has 0 spiro atoms. The van der Waals surface area contributed by atoms with Crippen LogP contribution in [0.5, 0.6) is 5.75 Å². The fourth-order valence-electron chi connectivity index (χ4n) is 3.41. The van der Waals surface area contributed by atoms with E-state index in [2.05, 4.69) is 20.9 Å². The van der Waals surface area contributed by atoms with E-state index in [1.54, 1.807) is 24.4 Å². The predicted molar refractivity (Wildman–Crippen MR) is 117 cm³/mol. The van der Waals surface area contributed by atoms with E-state index in [1.807, 2.05) is 49.4 Å². The summed E-state index contributed by atoms with van der Waals surface area (Å²) in [6.45, 7) is 3.74. The summed E-state index contributed by atoms with van der Waals surface area (Å²) >= 11 is 0. The summed E-state index contributed by atoms with van der Waals surface area (Å²) in [5.41, 5.74) is 3.54. The number of benzene rings is 2. The molecular weight excluding hydrogens is 376 g/mol. The molecule has 0 saturated carbocycles. The van der Waals surface area contributed by atoms with Gasteiger partial charge < -0.3 is 14.6 Å². The van der Waals surface area contributed by atoms with Gasteiger partial charge in [0.05, 0.1) is 17.6 Å². The van der Waals surface area contributed by atoms with Gasteiger partial charge in [-0.2, -0.15) is 0 Å². The standard InChI is InChI=1S/C24H24N4O2/c1-18-8-2-5-12-22(18)30-17-16-28-21-11-4-3-9-19(21)27-23(28)13-15-26-24(29)20-10-6-7-14-25-20/h2-12,14H,13,15-17H2,1H3,(H,26,29). The van der Waals surface area contributed by atoms with Gasteiger partial charge in [-0.05, 0) is 42.8 Å². The van der Waals surface area contributed by atoms with Crippen LogP contribution in [0.1, 0.15) is 21.9 Å². The molecule has 4 aromatic rings. The second-order valence-corrected chi connectivity index (χ2v) is 7.00. The third-order valence-electron chi connectivity index (χ3n) is 4.93. The van der Waals surface area contributed by atoms with Crippen LogP contribution in [0, 0.1) is 6.92 Å². The minimum atomic E-state index is -0.179. The lowest BCUT2D eigenvalue weighted by Gasteiger charge is -2.12. The van der Waals surface area contributed by atoms with Crippen molar-refractivity contribution in [2.45, 2.75) is 19.9 Å². The van der Waals surface area contributed by atoms with Crippen LogP contribution in [-0.4, -0.2) is 33.6 Å². The summed E-state index contributed by atoms with van der Waals surface area (Å²) in [5, 5.41) is 2.92. The van der Waals surface area contributed by atoms with Gasteiger partial charge in [0.2, 0.25) is 0 Å². The summed E-state index contributed by atoms with van der Waals surface area (Å²) in [6.07, 6.45) is 2.24. The van der Waals surface area contributed by atoms with E-state index >= 15 is 0 Å². The molecule has 0 atom stereocenters. The van der Waals surface area contributed by atoms with Crippen LogP contribution in [0.15, 0.2) is 72.9 Å². The highest BCUT2D eigenvalue weighted by molar-refractivity contribution is 5.92. The topological polar surface area (TPSA) is 69.0 Å². The van der Waals surface area contributed by atoms with E-state index in [-0.39, 0.29) is 5.91 Å². The van der Waals surface area contributed by atoms with Crippen LogP contribution in [0.25, 0.3) is 11.0 Å². The maximum atomic E-state index is 12.2. The van der Waals surface area contributed by atoms with Gasteiger partial charge in [-0.1, -0.05) is 36.4 Å². The molecule has 4 rings (SSSR count). The van der Waals surface area contributed by atoms with E-state index in [0.717, 1.165) is 28.2 Å². The van der Waals surface area contributed by atoms with Gasteiger partial charge in [0, 0.05) is 19.2 Å². The molecule has 0 aliphatic rings. The lowest BCUT2D eigenvalue weighted by Crippen LogP contribution is -2.27. The molecule has 0 saturated heterocycles. The number of pyridine rings is 1. The number of para-hydroxylation sites is 3. The zero-order chi connectivity index (χ0) is 20.8. The smallest absolute Gasteiger partial charge is 0.269 e. The third kappa shape index (κ3) is 4.49. The number of imidazole rings is 1. The van der Waals surface area contributed by atoms with Crippen LogP contribution < -0.4 is 10.1 Å². The number of ether oxygens (including phenoxy) is 1. The third-order valence-corrected chi connectivity index (χ3v) is 4.93. The Kier molecular flexibility index (Phi) is 6.03. The van der Waals surface area contributed by atoms with Crippen LogP contribution in [0.4, 0.5) is 0 Å². The first-order chi connectivity index (χ1) is 14.7. The van der Waals surface area contributed by atoms with Gasteiger partial charge in [0.15, 0.2) is 0 Å². The van der Waals surface area contributed by atoms with Crippen LogP contribution >= 0.6 is 0 Å². The molecule has 0 unspecified atom stereocenters. The van der Waals surface area contributed by atoms with Crippen molar-refractivity contribution >= 4 is 16.9 Å². The monoisotopic (exact) mass is 400 g/mol. The van der Waals surface area contributed by atoms with Crippen molar-refractivity contribution in [2.24, 2.45) is 0 Å². The van der Waals surface area contributed by atoms with Gasteiger partial charge >= 0.3 is 0 Å². The summed E-state index contributed by atoms with van der Waals surface area (Å²) in [7, 11) is 0. The molecule has 152 valence electrons. The second kappa shape index (κ2) is 9.22. The summed E-state index contributed by atoms with van der Waals surface area (Å²) in [4.78, 5) is 21.1. The molecule has 0 aliphatic carbocycles. The van der Waals surface area contributed by atoms with Gasteiger partial charge in [-0.15, -0.1) is 0 Å². The first-order valence-corrected chi connectivity index (χ1v) is 10.0. The van der Waals surface area contributed by atoms with Crippen molar-refractivity contribution in [3.05, 3.63) is 90.0 Å². The van der Waals surface area contributed by atoms with Gasteiger partial charge in [-0.25, -0.2) is 4.98 Å². The summed E-state index contributed by atoms with van der Waals surface area (Å²) in [5.74, 6) is 1.64. The first-order valence-electron chi connectivity index (χ1n) is 10.0. The Labute approximate surface area is 175 Å². The number of rotatable bonds is 8. The van der Waals surface area contributed by atoms with E-state index in [0.29, 0.717) is 31.8 Å². The molecule has 2 heterocycles. The molecule has 1 amide bonds. The molecule has 2 aromatic carbocycles. The number of nitrogens with one attached hydrogen (secondary N) is 1. The minimum absolute atomic E-state index is 0.179. The van der Waals surface area contributed by atoms with Crippen molar-refractivity contribution in [2.75, 3.05) is 13.2 Å². The van der Waals surface area contributed by atoms with Gasteiger partial charge in [0.25, 0.3) is 5.91 Å². The summed E-state index contributed by atoms with van der Waals surface area (Å²) < 4.78 is 8.16. The lowest BCUT2D eigenvalue weighted by molar-refractivity contribution is 0.0949. The van der Waals surface area contributed by atoms with Gasteiger partial charge in [0.1, 0.15) is 23.9 Å². The fourth-order valence-corrected chi connectivity index (χ4v) is 3.41. The molecule has 6 nitrogen and oxygen atoms in total. The fraction of sp³-hybridized carbons (Fsp3) is 0.208. The SMILES string of the molecule is Cc1ccccc1OCCn1c(CCNC(=O)c2ccccn2)nc2ccccc21. The summed E-state index contributed by atoms with van der Waals surface area (Å²) in [6, 6.07) is 21.4. The van der Waals surface area contributed by atoms with Crippen LogP contribution in [-0.2, 0) is 13.0 Å².